The topological polar surface area (TPSA) is 339 Å². The summed E-state index contributed by atoms with van der Waals surface area (Å²) in [4.78, 5) is 13.4. The zero-order chi connectivity index (χ0) is 38.6. The average molecular weight is 757 g/mol. The zero-order valence-corrected chi connectivity index (χ0v) is 27.6. The average Bonchev–Trinajstić information content (AvgIpc) is 3.12. The molecule has 3 fully saturated rings. The minimum atomic E-state index is -1.90. The van der Waals surface area contributed by atoms with Crippen LogP contribution in [-0.4, -0.2) is 165 Å². The highest BCUT2D eigenvalue weighted by Crippen LogP contribution is 2.45. The van der Waals surface area contributed by atoms with Crippen LogP contribution >= 0.6 is 0 Å². The first-order chi connectivity index (χ1) is 25.1. The van der Waals surface area contributed by atoms with Gasteiger partial charge in [0.1, 0.15) is 95.4 Å². The maximum atomic E-state index is 13.4. The highest BCUT2D eigenvalue weighted by Gasteiger charge is 2.51. The fourth-order valence-corrected chi connectivity index (χ4v) is 6.53. The molecular weight excluding hydrogens is 716 g/mol. The normalized spacial score (nSPS) is 37.8. The quantitative estimate of drug-likeness (QED) is 0.105. The molecule has 3 aromatic rings. The molecule has 13 N–H and O–H groups in total. The van der Waals surface area contributed by atoms with Gasteiger partial charge < -0.3 is 94.5 Å². The Morgan fingerprint density at radius 2 is 1.32 bits per heavy atom. The lowest BCUT2D eigenvalue weighted by atomic mass is 9.89. The molecule has 53 heavy (non-hydrogen) atoms. The molecule has 0 unspecified atom stereocenters. The fraction of sp³-hybridized carbons (Fsp3) is 0.545. The molecule has 292 valence electrons. The van der Waals surface area contributed by atoms with Crippen LogP contribution in [0.5, 0.6) is 23.0 Å². The minimum Gasteiger partial charge on any atom is -0.507 e. The van der Waals surface area contributed by atoms with Crippen molar-refractivity contribution in [3.8, 4) is 34.3 Å². The number of hydrogen-bond acceptors (Lipinski definition) is 20. The lowest BCUT2D eigenvalue weighted by Crippen LogP contribution is -2.64. The van der Waals surface area contributed by atoms with E-state index in [2.05, 4.69) is 0 Å². The van der Waals surface area contributed by atoms with Crippen molar-refractivity contribution < 1.29 is 94.5 Å². The van der Waals surface area contributed by atoms with Gasteiger partial charge in [-0.2, -0.15) is 0 Å². The molecule has 2 aromatic carbocycles. The molecule has 15 atom stereocenters. The maximum Gasteiger partial charge on any atom is 0.229 e. The van der Waals surface area contributed by atoms with Crippen molar-refractivity contribution in [3.63, 3.8) is 0 Å². The van der Waals surface area contributed by atoms with E-state index in [0.29, 0.717) is 0 Å². The molecule has 3 aliphatic rings. The van der Waals surface area contributed by atoms with Crippen LogP contribution in [0.4, 0.5) is 0 Å². The molecule has 0 amide bonds. The van der Waals surface area contributed by atoms with Crippen molar-refractivity contribution in [1.29, 1.82) is 0 Å². The van der Waals surface area contributed by atoms with Gasteiger partial charge in [0.05, 0.1) is 24.9 Å². The van der Waals surface area contributed by atoms with Gasteiger partial charge in [-0.25, -0.2) is 0 Å². The molecule has 20 heteroatoms. The summed E-state index contributed by atoms with van der Waals surface area (Å²) in [6.07, 6.45) is -24.9. The Hall–Kier alpha value is -3.71. The van der Waals surface area contributed by atoms with Crippen molar-refractivity contribution >= 4 is 11.0 Å². The van der Waals surface area contributed by atoms with Crippen molar-refractivity contribution in [3.05, 3.63) is 46.1 Å². The summed E-state index contributed by atoms with van der Waals surface area (Å²) in [5, 5.41) is 135. The Kier molecular flexibility index (Phi) is 11.2. The third-order valence-electron chi connectivity index (χ3n) is 9.60. The van der Waals surface area contributed by atoms with E-state index in [4.69, 9.17) is 28.1 Å². The molecule has 0 saturated carbocycles. The number of benzene rings is 2. The van der Waals surface area contributed by atoms with E-state index < -0.39 is 139 Å². The van der Waals surface area contributed by atoms with Gasteiger partial charge in [0, 0.05) is 17.7 Å². The van der Waals surface area contributed by atoms with E-state index in [1.807, 2.05) is 0 Å². The summed E-state index contributed by atoms with van der Waals surface area (Å²) in [5.41, 5.74) is -1.72. The smallest absolute Gasteiger partial charge is 0.229 e. The number of fused-ring (bicyclic) bond motifs is 1. The lowest BCUT2D eigenvalue weighted by molar-refractivity contribution is -0.354. The minimum absolute atomic E-state index is 0.0540. The van der Waals surface area contributed by atoms with Gasteiger partial charge in [0.25, 0.3) is 0 Å². The molecule has 0 spiro atoms. The summed E-state index contributed by atoms with van der Waals surface area (Å²) in [7, 11) is 0. The van der Waals surface area contributed by atoms with Crippen LogP contribution in [0.3, 0.4) is 0 Å². The first-order valence-corrected chi connectivity index (χ1v) is 16.4. The van der Waals surface area contributed by atoms with Gasteiger partial charge in [0.15, 0.2) is 29.3 Å². The highest BCUT2D eigenvalue weighted by molar-refractivity contribution is 5.88. The first-order valence-electron chi connectivity index (χ1n) is 16.4. The van der Waals surface area contributed by atoms with Crippen LogP contribution < -0.4 is 10.2 Å². The third kappa shape index (κ3) is 7.03. The molecule has 0 radical (unpaired) electrons. The number of phenolic OH excluding ortho intramolecular Hbond substituents is 3. The monoisotopic (exact) mass is 756 g/mol. The van der Waals surface area contributed by atoms with Crippen LogP contribution in [0.25, 0.3) is 22.3 Å². The van der Waals surface area contributed by atoms with Gasteiger partial charge in [-0.1, -0.05) is 0 Å². The van der Waals surface area contributed by atoms with E-state index in [1.165, 1.54) is 13.0 Å². The van der Waals surface area contributed by atoms with Crippen LogP contribution in [0.1, 0.15) is 18.6 Å². The summed E-state index contributed by atoms with van der Waals surface area (Å²) in [6, 6.07) is 5.42. The Balaban J connectivity index is 1.32. The fourth-order valence-electron chi connectivity index (χ4n) is 6.53. The van der Waals surface area contributed by atoms with Crippen LogP contribution in [0.2, 0.25) is 0 Å². The van der Waals surface area contributed by atoms with Crippen molar-refractivity contribution in [2.75, 3.05) is 13.2 Å². The van der Waals surface area contributed by atoms with Gasteiger partial charge in [-0.3, -0.25) is 4.79 Å². The number of ether oxygens (including phenoxy) is 5. The van der Waals surface area contributed by atoms with Gasteiger partial charge in [-0.05, 0) is 25.1 Å². The summed E-state index contributed by atoms with van der Waals surface area (Å²) in [5.74, 6) is -2.75. The number of aromatic hydroxyl groups is 3. The zero-order valence-electron chi connectivity index (χ0n) is 27.6. The molecule has 0 bridgehead atoms. The predicted molar refractivity (Wildman–Crippen MR) is 171 cm³/mol. The predicted octanol–water partition coefficient (Wildman–Crippen LogP) is -3.88. The van der Waals surface area contributed by atoms with Gasteiger partial charge in [-0.15, -0.1) is 0 Å². The Morgan fingerprint density at radius 3 is 2.00 bits per heavy atom. The molecular formula is C33H40O20. The van der Waals surface area contributed by atoms with Gasteiger partial charge >= 0.3 is 0 Å². The summed E-state index contributed by atoms with van der Waals surface area (Å²) < 4.78 is 33.8. The van der Waals surface area contributed by atoms with Crippen molar-refractivity contribution in [2.45, 2.75) is 98.9 Å². The standard InChI is InChI=1S/C33H40O20/c1-9-21(39)25(43)29(47)32(48-9)53-31-27(45)23(41)18(8-35)52-33(31)51-15-4-10(2-3-11(15)36)14-5-12(37)19-16(49-14)6-13(38)20(24(19)42)30-28(46)26(44)22(40)17(7-34)50-30/h2-6,9,17-18,21-23,25-36,38-47H,7-8H2,1H3/t9-,17+,18-,21+,22-,23-,25+,26+,27+,28+,29-,30+,31-,32+,33-/m1/s1. The number of aliphatic hydroxyl groups is 10. The van der Waals surface area contributed by atoms with E-state index in [0.717, 1.165) is 24.3 Å². The van der Waals surface area contributed by atoms with E-state index in [1.54, 1.807) is 0 Å². The summed E-state index contributed by atoms with van der Waals surface area (Å²) in [6.45, 7) is -0.218. The molecule has 4 heterocycles. The SMILES string of the molecule is C[C@H]1O[C@@H](O[C@H]2[C@H](Oc3cc(-c4cc(=O)c5c(O)c([C@@H]6O[C@@H](CO)[C@@H](O)[C@H](O)[C@@H]6O)c(O)cc5o4)ccc3O)O[C@H](CO)[C@@H](O)[C@@H]2O)[C@H](O)[C@@H](O)[C@H]1O. The van der Waals surface area contributed by atoms with E-state index in [9.17, 15) is 71.2 Å². The van der Waals surface area contributed by atoms with E-state index >= 15 is 0 Å². The van der Waals surface area contributed by atoms with Crippen LogP contribution in [0.15, 0.2) is 39.5 Å². The maximum absolute atomic E-state index is 13.4. The molecule has 3 aliphatic heterocycles. The Morgan fingerprint density at radius 1 is 0.679 bits per heavy atom. The second-order valence-corrected chi connectivity index (χ2v) is 13.0. The number of aliphatic hydroxyl groups excluding tert-OH is 10. The highest BCUT2D eigenvalue weighted by atomic mass is 16.8. The van der Waals surface area contributed by atoms with Crippen molar-refractivity contribution in [2.24, 2.45) is 0 Å². The third-order valence-corrected chi connectivity index (χ3v) is 9.60. The molecule has 1 aromatic heterocycles. The number of rotatable bonds is 8. The van der Waals surface area contributed by atoms with Crippen molar-refractivity contribution in [1.82, 2.24) is 0 Å². The number of phenols is 3. The Bertz CT molecular complexity index is 1830. The van der Waals surface area contributed by atoms with Crippen LogP contribution in [0, 0.1) is 0 Å². The molecule has 3 saturated heterocycles. The molecule has 0 aliphatic carbocycles. The molecule has 6 rings (SSSR count). The van der Waals surface area contributed by atoms with Crippen LogP contribution in [-0.2, 0) is 18.9 Å². The first kappa shape index (κ1) is 39.0. The Labute approximate surface area is 298 Å². The second kappa shape index (κ2) is 15.2. The second-order valence-electron chi connectivity index (χ2n) is 13.0. The van der Waals surface area contributed by atoms with E-state index in [-0.39, 0.29) is 22.7 Å². The molecule has 20 nitrogen and oxygen atoms in total. The largest absolute Gasteiger partial charge is 0.507 e. The number of hydrogen-bond donors (Lipinski definition) is 13. The summed E-state index contributed by atoms with van der Waals surface area (Å²) >= 11 is 0. The van der Waals surface area contributed by atoms with Gasteiger partial charge in [0.2, 0.25) is 6.29 Å². The lowest BCUT2D eigenvalue weighted by Gasteiger charge is -2.45.